The second-order valence-electron chi connectivity index (χ2n) is 3.68. The molecule has 0 rings (SSSR count). The lowest BCUT2D eigenvalue weighted by molar-refractivity contribution is -0.143. The van der Waals surface area contributed by atoms with Crippen LogP contribution in [0.4, 0.5) is 0 Å². The number of ether oxygens (including phenoxy) is 1. The lowest BCUT2D eigenvalue weighted by atomic mass is 10.1. The van der Waals surface area contributed by atoms with Crippen molar-refractivity contribution in [3.8, 4) is 0 Å². The molecule has 1 N–H and O–H groups in total. The summed E-state index contributed by atoms with van der Waals surface area (Å²) in [6, 6.07) is -0.799. The Morgan fingerprint density at radius 3 is 2.27 bits per heavy atom. The normalized spacial score (nSPS) is 13.9. The number of esters is 1. The Balaban J connectivity index is 4.62. The Kier molecular flexibility index (Phi) is 5.82. The van der Waals surface area contributed by atoms with E-state index in [-0.39, 0.29) is 11.7 Å². The number of hydrogen-bond donors (Lipinski definition) is 1. The molecular weight excluding hydrogens is 218 g/mol. The second kappa shape index (κ2) is 6.07. The van der Waals surface area contributed by atoms with Crippen LogP contribution in [0.3, 0.4) is 0 Å². The van der Waals surface area contributed by atoms with Gasteiger partial charge in [0.2, 0.25) is 10.0 Å². The fraction of sp³-hybridized carbons (Fsp3) is 0.889. The summed E-state index contributed by atoms with van der Waals surface area (Å²) < 4.78 is 29.8. The third kappa shape index (κ3) is 5.13. The van der Waals surface area contributed by atoms with E-state index in [1.807, 2.05) is 0 Å². The van der Waals surface area contributed by atoms with Crippen molar-refractivity contribution >= 4 is 16.0 Å². The Labute approximate surface area is 91.2 Å². The Morgan fingerprint density at radius 1 is 1.40 bits per heavy atom. The number of rotatable bonds is 6. The lowest BCUT2D eigenvalue weighted by Gasteiger charge is -2.19. The smallest absolute Gasteiger partial charge is 0.324 e. The van der Waals surface area contributed by atoms with Gasteiger partial charge in [-0.3, -0.25) is 4.79 Å². The van der Waals surface area contributed by atoms with E-state index in [0.29, 0.717) is 6.42 Å². The number of carbonyl (C=O) groups excluding carboxylic acids is 1. The first kappa shape index (κ1) is 14.4. The molecule has 0 saturated heterocycles. The molecule has 0 fully saturated rings. The zero-order chi connectivity index (χ0) is 12.1. The average molecular weight is 237 g/mol. The molecule has 0 bridgehead atoms. The third-order valence-electron chi connectivity index (χ3n) is 1.90. The third-order valence-corrected chi connectivity index (χ3v) is 3.46. The lowest BCUT2D eigenvalue weighted by Crippen LogP contribution is -2.45. The van der Waals surface area contributed by atoms with Crippen molar-refractivity contribution in [1.82, 2.24) is 4.72 Å². The van der Waals surface area contributed by atoms with Crippen molar-refractivity contribution in [3.63, 3.8) is 0 Å². The van der Waals surface area contributed by atoms with Gasteiger partial charge < -0.3 is 4.74 Å². The molecule has 0 saturated carbocycles. The van der Waals surface area contributed by atoms with Crippen LogP contribution in [0.2, 0.25) is 0 Å². The van der Waals surface area contributed by atoms with Gasteiger partial charge in [0.1, 0.15) is 6.04 Å². The first-order chi connectivity index (χ1) is 6.84. The van der Waals surface area contributed by atoms with Gasteiger partial charge in [-0.1, -0.05) is 20.8 Å². The predicted molar refractivity (Wildman–Crippen MR) is 57.9 cm³/mol. The van der Waals surface area contributed by atoms with E-state index < -0.39 is 22.0 Å². The molecule has 0 aliphatic rings. The van der Waals surface area contributed by atoms with Crippen molar-refractivity contribution in [2.45, 2.75) is 33.2 Å². The van der Waals surface area contributed by atoms with Crippen LogP contribution in [0.25, 0.3) is 0 Å². The van der Waals surface area contributed by atoms with Crippen LogP contribution in [-0.2, 0) is 19.6 Å². The summed E-state index contributed by atoms with van der Waals surface area (Å²) in [7, 11) is -2.14. The summed E-state index contributed by atoms with van der Waals surface area (Å²) in [4.78, 5) is 11.3. The Hall–Kier alpha value is -0.620. The minimum atomic E-state index is -3.38. The quantitative estimate of drug-likeness (QED) is 0.683. The highest BCUT2D eigenvalue weighted by Gasteiger charge is 2.27. The van der Waals surface area contributed by atoms with Crippen molar-refractivity contribution in [3.05, 3.63) is 0 Å². The van der Waals surface area contributed by atoms with Crippen LogP contribution >= 0.6 is 0 Å². The largest absolute Gasteiger partial charge is 0.468 e. The summed E-state index contributed by atoms with van der Waals surface area (Å²) in [5.41, 5.74) is 0. The first-order valence-corrected chi connectivity index (χ1v) is 6.57. The first-order valence-electron chi connectivity index (χ1n) is 4.92. The highest BCUT2D eigenvalue weighted by atomic mass is 32.2. The van der Waals surface area contributed by atoms with Gasteiger partial charge in [-0.25, -0.2) is 13.1 Å². The van der Waals surface area contributed by atoms with Crippen LogP contribution in [-0.4, -0.2) is 33.3 Å². The highest BCUT2D eigenvalue weighted by molar-refractivity contribution is 7.89. The molecule has 0 radical (unpaired) electrons. The van der Waals surface area contributed by atoms with Crippen LogP contribution in [0.1, 0.15) is 27.2 Å². The maximum Gasteiger partial charge on any atom is 0.324 e. The summed E-state index contributed by atoms with van der Waals surface area (Å²) in [6.07, 6.45) is 0.515. The number of carbonyl (C=O) groups is 1. The molecule has 5 nitrogen and oxygen atoms in total. The predicted octanol–water partition coefficient (Wildman–Crippen LogP) is 0.513. The molecule has 0 aliphatic carbocycles. The van der Waals surface area contributed by atoms with Gasteiger partial charge in [-0.15, -0.1) is 0 Å². The standard InChI is InChI=1S/C9H19NO4S/c1-5-6-15(12,13)10-8(7(2)3)9(11)14-4/h7-8,10H,5-6H2,1-4H3/t8-/m0/s1. The van der Waals surface area contributed by atoms with Gasteiger partial charge in [0.15, 0.2) is 0 Å². The maximum atomic E-state index is 11.4. The van der Waals surface area contributed by atoms with E-state index in [4.69, 9.17) is 0 Å². The zero-order valence-electron chi connectivity index (χ0n) is 9.61. The number of hydrogen-bond acceptors (Lipinski definition) is 4. The van der Waals surface area contributed by atoms with Gasteiger partial charge in [-0.05, 0) is 12.3 Å². The number of methoxy groups -OCH3 is 1. The van der Waals surface area contributed by atoms with E-state index in [1.165, 1.54) is 7.11 Å². The van der Waals surface area contributed by atoms with E-state index in [9.17, 15) is 13.2 Å². The molecule has 0 heterocycles. The highest BCUT2D eigenvalue weighted by Crippen LogP contribution is 2.05. The average Bonchev–Trinajstić information content (AvgIpc) is 2.12. The summed E-state index contributed by atoms with van der Waals surface area (Å²) >= 11 is 0. The van der Waals surface area contributed by atoms with E-state index >= 15 is 0 Å². The van der Waals surface area contributed by atoms with Gasteiger partial charge in [0, 0.05) is 0 Å². The molecule has 0 aromatic heterocycles. The topological polar surface area (TPSA) is 72.5 Å². The monoisotopic (exact) mass is 237 g/mol. The Morgan fingerprint density at radius 2 is 1.93 bits per heavy atom. The zero-order valence-corrected chi connectivity index (χ0v) is 10.4. The van der Waals surface area contributed by atoms with Crippen LogP contribution in [0.5, 0.6) is 0 Å². The molecule has 0 aliphatic heterocycles. The minimum absolute atomic E-state index is 0.0210. The molecular formula is C9H19NO4S. The van der Waals surface area contributed by atoms with Crippen LogP contribution in [0, 0.1) is 5.92 Å². The van der Waals surface area contributed by atoms with Gasteiger partial charge >= 0.3 is 5.97 Å². The van der Waals surface area contributed by atoms with Gasteiger partial charge in [0.25, 0.3) is 0 Å². The number of sulfonamides is 1. The molecule has 1 atom stereocenters. The summed E-state index contributed by atoms with van der Waals surface area (Å²) in [6.45, 7) is 5.29. The summed E-state index contributed by atoms with van der Waals surface area (Å²) in [5.74, 6) is -0.665. The van der Waals surface area contributed by atoms with Crippen LogP contribution < -0.4 is 4.72 Å². The van der Waals surface area contributed by atoms with E-state index in [2.05, 4.69) is 9.46 Å². The van der Waals surface area contributed by atoms with Gasteiger partial charge in [-0.2, -0.15) is 0 Å². The molecule has 0 amide bonds. The molecule has 0 aromatic rings. The molecule has 90 valence electrons. The van der Waals surface area contributed by atoms with Crippen molar-refractivity contribution < 1.29 is 17.9 Å². The van der Waals surface area contributed by atoms with Crippen molar-refractivity contribution in [2.24, 2.45) is 5.92 Å². The Bertz CT molecular complexity index is 297. The maximum absolute atomic E-state index is 11.4. The molecule has 0 aromatic carbocycles. The molecule has 6 heteroatoms. The molecule has 15 heavy (non-hydrogen) atoms. The second-order valence-corrected chi connectivity index (χ2v) is 5.56. The molecule has 0 unspecified atom stereocenters. The molecule has 0 spiro atoms. The van der Waals surface area contributed by atoms with Crippen molar-refractivity contribution in [2.75, 3.05) is 12.9 Å². The summed E-state index contributed by atoms with van der Waals surface area (Å²) in [5, 5.41) is 0. The minimum Gasteiger partial charge on any atom is -0.468 e. The van der Waals surface area contributed by atoms with Crippen molar-refractivity contribution in [1.29, 1.82) is 0 Å². The fourth-order valence-electron chi connectivity index (χ4n) is 1.10. The van der Waals surface area contributed by atoms with Crippen LogP contribution in [0.15, 0.2) is 0 Å². The van der Waals surface area contributed by atoms with E-state index in [1.54, 1.807) is 20.8 Å². The van der Waals surface area contributed by atoms with E-state index in [0.717, 1.165) is 0 Å². The SMILES string of the molecule is CCCS(=O)(=O)N[C@H](C(=O)OC)C(C)C. The van der Waals surface area contributed by atoms with Gasteiger partial charge in [0.05, 0.1) is 12.9 Å². The number of nitrogens with one attached hydrogen (secondary N) is 1. The fourth-order valence-corrected chi connectivity index (χ4v) is 2.52.